The van der Waals surface area contributed by atoms with E-state index in [1.54, 1.807) is 0 Å². The molecular formula is C21H22N2O6. The number of aliphatic hydroxyl groups excluding tert-OH is 2. The summed E-state index contributed by atoms with van der Waals surface area (Å²) in [5.74, 6) is -0.818. The zero-order chi connectivity index (χ0) is 20.9. The molecule has 1 heterocycles. The summed E-state index contributed by atoms with van der Waals surface area (Å²) in [7, 11) is 0. The number of nitrogens with one attached hydrogen (secondary N) is 1. The van der Waals surface area contributed by atoms with E-state index in [9.17, 15) is 9.90 Å². The van der Waals surface area contributed by atoms with Crippen molar-refractivity contribution in [2.75, 3.05) is 0 Å². The monoisotopic (exact) mass is 398 g/mol. The van der Waals surface area contributed by atoms with Gasteiger partial charge in [0.05, 0.1) is 6.61 Å². The van der Waals surface area contributed by atoms with Gasteiger partial charge in [-0.3, -0.25) is 10.0 Å². The first kappa shape index (κ1) is 20.7. The van der Waals surface area contributed by atoms with Crippen LogP contribution in [0.25, 0.3) is 11.1 Å². The fraction of sp³-hybridized carbons (Fsp3) is 0.238. The third kappa shape index (κ3) is 4.52. The van der Waals surface area contributed by atoms with Crippen LogP contribution in [0.4, 0.5) is 0 Å². The normalized spacial score (nSPS) is 14.2. The molecule has 8 nitrogen and oxygen atoms in total. The van der Waals surface area contributed by atoms with Gasteiger partial charge in [-0.1, -0.05) is 59.8 Å². The number of carbonyl (C=O) groups is 1. The lowest BCUT2D eigenvalue weighted by molar-refractivity contribution is -0.174. The van der Waals surface area contributed by atoms with Crippen LogP contribution in [0.5, 0.6) is 0 Å². The molecule has 0 saturated carbocycles. The summed E-state index contributed by atoms with van der Waals surface area (Å²) in [6, 6.07) is 18.7. The predicted molar refractivity (Wildman–Crippen MR) is 102 cm³/mol. The first-order chi connectivity index (χ1) is 14.0. The van der Waals surface area contributed by atoms with E-state index in [-0.39, 0.29) is 18.1 Å². The molecule has 1 amide bonds. The largest absolute Gasteiger partial charge is 0.388 e. The van der Waals surface area contributed by atoms with Crippen molar-refractivity contribution in [3.05, 3.63) is 77.7 Å². The second-order valence-corrected chi connectivity index (χ2v) is 6.68. The van der Waals surface area contributed by atoms with Crippen molar-refractivity contribution in [3.63, 3.8) is 0 Å². The third-order valence-corrected chi connectivity index (χ3v) is 4.69. The van der Waals surface area contributed by atoms with E-state index in [1.807, 2.05) is 54.6 Å². The maximum Gasteiger partial charge on any atom is 0.278 e. The summed E-state index contributed by atoms with van der Waals surface area (Å²) in [5, 5.41) is 32.4. The molecule has 0 aliphatic heterocycles. The van der Waals surface area contributed by atoms with Gasteiger partial charge in [0.15, 0.2) is 11.4 Å². The first-order valence-electron chi connectivity index (χ1n) is 8.95. The van der Waals surface area contributed by atoms with E-state index >= 15 is 0 Å². The van der Waals surface area contributed by atoms with E-state index in [4.69, 9.17) is 19.6 Å². The molecule has 1 aromatic heterocycles. The third-order valence-electron chi connectivity index (χ3n) is 4.69. The lowest BCUT2D eigenvalue weighted by atomic mass is 9.95. The Balaban J connectivity index is 1.76. The molecule has 0 bridgehead atoms. The van der Waals surface area contributed by atoms with Crippen LogP contribution >= 0.6 is 0 Å². The van der Waals surface area contributed by atoms with Gasteiger partial charge in [0.25, 0.3) is 5.91 Å². The van der Waals surface area contributed by atoms with Gasteiger partial charge in [-0.25, -0.2) is 5.48 Å². The zero-order valence-corrected chi connectivity index (χ0v) is 15.8. The molecule has 0 spiro atoms. The number of benzene rings is 2. The highest BCUT2D eigenvalue weighted by Crippen LogP contribution is 2.31. The van der Waals surface area contributed by atoms with E-state index in [2.05, 4.69) is 5.16 Å². The Morgan fingerprint density at radius 1 is 1.17 bits per heavy atom. The second kappa shape index (κ2) is 8.97. The average molecular weight is 398 g/mol. The molecule has 4 N–H and O–H groups in total. The molecule has 0 fully saturated rings. The van der Waals surface area contributed by atoms with Crippen LogP contribution in [0.3, 0.4) is 0 Å². The predicted octanol–water partition coefficient (Wildman–Crippen LogP) is 2.35. The highest BCUT2D eigenvalue weighted by Gasteiger charge is 2.44. The smallest absolute Gasteiger partial charge is 0.278 e. The number of nitrogens with zero attached hydrogens (tertiary/aromatic N) is 1. The Morgan fingerprint density at radius 2 is 1.83 bits per heavy atom. The van der Waals surface area contributed by atoms with E-state index in [0.717, 1.165) is 16.7 Å². The summed E-state index contributed by atoms with van der Waals surface area (Å²) in [6.45, 7) is 0.923. The van der Waals surface area contributed by atoms with Crippen LogP contribution in [0.1, 0.15) is 30.0 Å². The van der Waals surface area contributed by atoms with Crippen LogP contribution in [-0.2, 0) is 22.7 Å². The minimum absolute atomic E-state index is 0.000393. The number of aliphatic hydroxyl groups is 2. The molecule has 29 heavy (non-hydrogen) atoms. The summed E-state index contributed by atoms with van der Waals surface area (Å²) in [5.41, 5.74) is 2.54. The molecule has 8 heteroatoms. The molecular weight excluding hydrogens is 376 g/mol. The van der Waals surface area contributed by atoms with E-state index in [0.29, 0.717) is 0 Å². The molecule has 0 saturated heterocycles. The molecule has 0 unspecified atom stereocenters. The number of ether oxygens (including phenoxy) is 1. The van der Waals surface area contributed by atoms with Crippen LogP contribution in [0.2, 0.25) is 0 Å². The van der Waals surface area contributed by atoms with Crippen LogP contribution in [0, 0.1) is 0 Å². The molecule has 0 aliphatic rings. The SMILES string of the molecule is C[C@@](OCc1ccc(-c2ccccc2)cc1)(C(=O)NO)[C@@H](O)c1cc(CO)on1. The number of hydroxylamine groups is 1. The molecule has 3 aromatic rings. The number of hydrogen-bond acceptors (Lipinski definition) is 7. The van der Waals surface area contributed by atoms with E-state index in [1.165, 1.54) is 18.5 Å². The number of carbonyl (C=O) groups excluding carboxylic acids is 1. The summed E-state index contributed by atoms with van der Waals surface area (Å²) in [6.07, 6.45) is -1.54. The maximum absolute atomic E-state index is 12.2. The Bertz CT molecular complexity index is 941. The Morgan fingerprint density at radius 3 is 2.41 bits per heavy atom. The summed E-state index contributed by atoms with van der Waals surface area (Å²) in [4.78, 5) is 12.2. The number of aromatic nitrogens is 1. The van der Waals surface area contributed by atoms with Gasteiger partial charge < -0.3 is 19.5 Å². The van der Waals surface area contributed by atoms with Gasteiger partial charge in [-0.05, 0) is 23.6 Å². The number of hydrogen-bond donors (Lipinski definition) is 4. The van der Waals surface area contributed by atoms with Gasteiger partial charge >= 0.3 is 0 Å². The van der Waals surface area contributed by atoms with Crippen molar-refractivity contribution in [2.24, 2.45) is 0 Å². The van der Waals surface area contributed by atoms with Gasteiger partial charge in [0, 0.05) is 6.07 Å². The fourth-order valence-electron chi connectivity index (χ4n) is 2.85. The van der Waals surface area contributed by atoms with Crippen molar-refractivity contribution in [1.29, 1.82) is 0 Å². The minimum Gasteiger partial charge on any atom is -0.388 e. The summed E-state index contributed by atoms with van der Waals surface area (Å²) < 4.78 is 10.6. The van der Waals surface area contributed by atoms with E-state index < -0.39 is 24.2 Å². The Labute approximate surface area is 167 Å². The lowest BCUT2D eigenvalue weighted by Crippen LogP contribution is -2.50. The second-order valence-electron chi connectivity index (χ2n) is 6.68. The summed E-state index contributed by atoms with van der Waals surface area (Å²) >= 11 is 0. The highest BCUT2D eigenvalue weighted by molar-refractivity contribution is 5.84. The van der Waals surface area contributed by atoms with Crippen molar-refractivity contribution in [2.45, 2.75) is 31.8 Å². The quantitative estimate of drug-likeness (QED) is 0.339. The maximum atomic E-state index is 12.2. The Hall–Kier alpha value is -3.04. The van der Waals surface area contributed by atoms with Crippen molar-refractivity contribution in [3.8, 4) is 11.1 Å². The molecule has 0 aliphatic carbocycles. The van der Waals surface area contributed by atoms with Crippen LogP contribution in [0.15, 0.2) is 65.2 Å². The van der Waals surface area contributed by atoms with Gasteiger partial charge in [0.1, 0.15) is 18.4 Å². The van der Waals surface area contributed by atoms with Crippen molar-refractivity contribution >= 4 is 5.91 Å². The number of amides is 1. The fourth-order valence-corrected chi connectivity index (χ4v) is 2.85. The van der Waals surface area contributed by atoms with Crippen molar-refractivity contribution in [1.82, 2.24) is 10.6 Å². The van der Waals surface area contributed by atoms with Crippen LogP contribution < -0.4 is 5.48 Å². The molecule has 0 radical (unpaired) electrons. The van der Waals surface area contributed by atoms with Gasteiger partial charge in [-0.15, -0.1) is 0 Å². The Kier molecular flexibility index (Phi) is 6.40. The lowest BCUT2D eigenvalue weighted by Gasteiger charge is -2.31. The molecule has 2 atom stereocenters. The van der Waals surface area contributed by atoms with Crippen molar-refractivity contribution < 1.29 is 29.5 Å². The first-order valence-corrected chi connectivity index (χ1v) is 8.95. The zero-order valence-electron chi connectivity index (χ0n) is 15.8. The topological polar surface area (TPSA) is 125 Å². The average Bonchev–Trinajstić information content (AvgIpc) is 3.26. The number of rotatable bonds is 8. The van der Waals surface area contributed by atoms with Gasteiger partial charge in [-0.2, -0.15) is 0 Å². The highest BCUT2D eigenvalue weighted by atomic mass is 16.5. The van der Waals surface area contributed by atoms with Crippen LogP contribution in [-0.4, -0.2) is 32.1 Å². The standard InChI is InChI=1S/C21H22N2O6/c1-21(20(26)22-27,19(25)18-11-17(12-24)29-23-18)28-13-14-7-9-16(10-8-14)15-5-3-2-4-6-15/h2-11,19,24-25,27H,12-13H2,1H3,(H,22,26)/t19-,21-/m0/s1. The molecule has 3 rings (SSSR count). The molecule has 2 aromatic carbocycles. The minimum atomic E-state index is -1.85. The molecule has 152 valence electrons. The van der Waals surface area contributed by atoms with Gasteiger partial charge in [0.2, 0.25) is 0 Å².